The Hall–Kier alpha value is -0.0900. The maximum atomic E-state index is 11.3. The average molecular weight is 276 g/mol. The molecule has 3 nitrogen and oxygen atoms in total. The number of aliphatic hydroxyl groups excluding tert-OH is 1. The van der Waals surface area contributed by atoms with Crippen LogP contribution in [0.4, 0.5) is 0 Å². The molecule has 0 aromatic heterocycles. The predicted octanol–water partition coefficient (Wildman–Crippen LogP) is 2.64. The molecule has 1 aliphatic rings. The van der Waals surface area contributed by atoms with Crippen molar-refractivity contribution in [3.63, 3.8) is 0 Å². The highest BCUT2D eigenvalue weighted by molar-refractivity contribution is 7.90. The van der Waals surface area contributed by atoms with Gasteiger partial charge in [0.1, 0.15) is 9.84 Å². The number of hydrogen-bond donors (Lipinski definition) is 1. The van der Waals surface area contributed by atoms with Crippen molar-refractivity contribution < 1.29 is 13.5 Å². The quantitative estimate of drug-likeness (QED) is 0.859. The van der Waals surface area contributed by atoms with Crippen molar-refractivity contribution in [3.05, 3.63) is 0 Å². The van der Waals surface area contributed by atoms with Crippen LogP contribution in [0.5, 0.6) is 0 Å². The summed E-state index contributed by atoms with van der Waals surface area (Å²) in [6.45, 7) is 6.92. The van der Waals surface area contributed by atoms with Crippen LogP contribution >= 0.6 is 0 Å². The molecule has 0 aromatic rings. The van der Waals surface area contributed by atoms with Crippen molar-refractivity contribution in [3.8, 4) is 0 Å². The summed E-state index contributed by atoms with van der Waals surface area (Å²) in [6, 6.07) is 0. The minimum Gasteiger partial charge on any atom is -0.396 e. The van der Waals surface area contributed by atoms with Gasteiger partial charge in [0, 0.05) is 12.9 Å². The van der Waals surface area contributed by atoms with Gasteiger partial charge >= 0.3 is 0 Å². The minimum absolute atomic E-state index is 0.124. The maximum absolute atomic E-state index is 11.3. The summed E-state index contributed by atoms with van der Waals surface area (Å²) in [7, 11) is -2.92. The van der Waals surface area contributed by atoms with E-state index in [-0.39, 0.29) is 17.8 Å². The Balaban J connectivity index is 2.60. The smallest absolute Gasteiger partial charge is 0.147 e. The molecule has 1 N–H and O–H groups in total. The molecule has 0 unspecified atom stereocenters. The molecule has 0 spiro atoms. The molecule has 1 saturated carbocycles. The molecule has 0 saturated heterocycles. The zero-order chi connectivity index (χ0) is 14.0. The lowest BCUT2D eigenvalue weighted by Gasteiger charge is -2.43. The minimum atomic E-state index is -2.92. The number of aliphatic hydroxyl groups is 1. The Kier molecular flexibility index (Phi) is 4.87. The largest absolute Gasteiger partial charge is 0.396 e. The zero-order valence-corrected chi connectivity index (χ0v) is 13.0. The Labute approximate surface area is 112 Å². The van der Waals surface area contributed by atoms with Gasteiger partial charge in [-0.15, -0.1) is 0 Å². The monoisotopic (exact) mass is 276 g/mol. The van der Waals surface area contributed by atoms with E-state index < -0.39 is 9.84 Å². The Bertz CT molecular complexity index is 357. The summed E-state index contributed by atoms with van der Waals surface area (Å²) in [6.07, 6.45) is 6.02. The highest BCUT2D eigenvalue weighted by Gasteiger charge is 2.38. The van der Waals surface area contributed by atoms with E-state index in [1.165, 1.54) is 6.26 Å². The van der Waals surface area contributed by atoms with E-state index in [9.17, 15) is 13.5 Å². The van der Waals surface area contributed by atoms with Crippen LogP contribution in [-0.4, -0.2) is 32.1 Å². The lowest BCUT2D eigenvalue weighted by molar-refractivity contribution is 0.0345. The van der Waals surface area contributed by atoms with Gasteiger partial charge in [-0.25, -0.2) is 8.42 Å². The molecule has 1 fully saturated rings. The van der Waals surface area contributed by atoms with Crippen molar-refractivity contribution in [1.29, 1.82) is 0 Å². The van der Waals surface area contributed by atoms with Gasteiger partial charge in [-0.3, -0.25) is 0 Å². The molecule has 108 valence electrons. The van der Waals surface area contributed by atoms with Crippen LogP contribution in [0.15, 0.2) is 0 Å². The van der Waals surface area contributed by atoms with E-state index in [1.54, 1.807) is 0 Å². The average Bonchev–Trinajstić information content (AvgIpc) is 2.25. The molecular formula is C14H28O3S. The van der Waals surface area contributed by atoms with Gasteiger partial charge in [0.05, 0.1) is 5.75 Å². The molecule has 0 amide bonds. The fourth-order valence-electron chi connectivity index (χ4n) is 2.99. The fourth-order valence-corrected chi connectivity index (χ4v) is 3.79. The Morgan fingerprint density at radius 3 is 2.06 bits per heavy atom. The topological polar surface area (TPSA) is 54.4 Å². The molecule has 18 heavy (non-hydrogen) atoms. The van der Waals surface area contributed by atoms with E-state index in [0.29, 0.717) is 17.8 Å². The van der Waals surface area contributed by atoms with Gasteiger partial charge in [0.15, 0.2) is 0 Å². The maximum Gasteiger partial charge on any atom is 0.147 e. The molecule has 0 atom stereocenters. The number of hydrogen-bond acceptors (Lipinski definition) is 3. The third kappa shape index (κ3) is 4.54. The van der Waals surface area contributed by atoms with Crippen LogP contribution in [0.2, 0.25) is 0 Å². The standard InChI is InChI=1S/C14H28O3S/c1-13(2,3)12-5-7-14(11-15,8-6-12)9-10-18(4,16)17/h12,15H,5-11H2,1-4H3. The highest BCUT2D eigenvalue weighted by atomic mass is 32.2. The van der Waals surface area contributed by atoms with Gasteiger partial charge in [0.25, 0.3) is 0 Å². The first kappa shape index (κ1) is 16.0. The van der Waals surface area contributed by atoms with E-state index in [4.69, 9.17) is 0 Å². The van der Waals surface area contributed by atoms with Crippen LogP contribution in [0.3, 0.4) is 0 Å². The Morgan fingerprint density at radius 1 is 1.22 bits per heavy atom. The van der Waals surface area contributed by atoms with Crippen LogP contribution in [0.1, 0.15) is 52.9 Å². The second kappa shape index (κ2) is 5.49. The third-order valence-corrected chi connectivity index (χ3v) is 5.56. The predicted molar refractivity (Wildman–Crippen MR) is 75.3 cm³/mol. The number of rotatable bonds is 4. The van der Waals surface area contributed by atoms with Gasteiger partial charge < -0.3 is 5.11 Å². The van der Waals surface area contributed by atoms with Crippen molar-refractivity contribution in [2.45, 2.75) is 52.9 Å². The van der Waals surface area contributed by atoms with Crippen LogP contribution in [0.25, 0.3) is 0 Å². The molecule has 0 bridgehead atoms. The van der Waals surface area contributed by atoms with E-state index in [2.05, 4.69) is 20.8 Å². The molecule has 1 rings (SSSR count). The third-order valence-electron chi connectivity index (χ3n) is 4.61. The van der Waals surface area contributed by atoms with E-state index >= 15 is 0 Å². The molecule has 0 radical (unpaired) electrons. The molecular weight excluding hydrogens is 248 g/mol. The van der Waals surface area contributed by atoms with E-state index in [0.717, 1.165) is 25.7 Å². The first-order valence-corrected chi connectivity index (χ1v) is 8.93. The summed E-state index contributed by atoms with van der Waals surface area (Å²) >= 11 is 0. The summed E-state index contributed by atoms with van der Waals surface area (Å²) in [4.78, 5) is 0. The van der Waals surface area contributed by atoms with Gasteiger partial charge in [-0.1, -0.05) is 20.8 Å². The lowest BCUT2D eigenvalue weighted by atomic mass is 9.63. The second-order valence-electron chi connectivity index (χ2n) is 7.18. The van der Waals surface area contributed by atoms with Crippen molar-refractivity contribution in [2.24, 2.45) is 16.7 Å². The normalized spacial score (nSPS) is 30.4. The van der Waals surface area contributed by atoms with E-state index in [1.807, 2.05) is 0 Å². The van der Waals surface area contributed by atoms with Gasteiger partial charge in [0.2, 0.25) is 0 Å². The first-order valence-electron chi connectivity index (χ1n) is 6.87. The summed E-state index contributed by atoms with van der Waals surface area (Å²) in [5, 5.41) is 9.63. The molecule has 1 aliphatic carbocycles. The SMILES string of the molecule is CC(C)(C)C1CCC(CO)(CCS(C)(=O)=O)CC1. The van der Waals surface area contributed by atoms with Gasteiger partial charge in [-0.05, 0) is 48.9 Å². The van der Waals surface area contributed by atoms with Crippen molar-refractivity contribution >= 4 is 9.84 Å². The van der Waals surface area contributed by atoms with Crippen LogP contribution in [0, 0.1) is 16.7 Å². The zero-order valence-electron chi connectivity index (χ0n) is 12.2. The number of sulfone groups is 1. The van der Waals surface area contributed by atoms with Crippen molar-refractivity contribution in [1.82, 2.24) is 0 Å². The fraction of sp³-hybridized carbons (Fsp3) is 1.00. The molecule has 0 aliphatic heterocycles. The van der Waals surface area contributed by atoms with Gasteiger partial charge in [-0.2, -0.15) is 0 Å². The summed E-state index contributed by atoms with van der Waals surface area (Å²) in [5.41, 5.74) is 0.170. The molecule has 0 aromatic carbocycles. The van der Waals surface area contributed by atoms with Crippen LogP contribution < -0.4 is 0 Å². The molecule has 0 heterocycles. The second-order valence-corrected chi connectivity index (χ2v) is 9.44. The highest BCUT2D eigenvalue weighted by Crippen LogP contribution is 2.46. The lowest BCUT2D eigenvalue weighted by Crippen LogP contribution is -2.36. The summed E-state index contributed by atoms with van der Waals surface area (Å²) < 4.78 is 22.5. The Morgan fingerprint density at radius 2 is 1.72 bits per heavy atom. The van der Waals surface area contributed by atoms with Crippen molar-refractivity contribution in [2.75, 3.05) is 18.6 Å². The first-order chi connectivity index (χ1) is 8.08. The molecule has 4 heteroatoms. The van der Waals surface area contributed by atoms with Crippen LogP contribution in [-0.2, 0) is 9.84 Å². The summed E-state index contributed by atoms with van der Waals surface area (Å²) in [5.74, 6) is 0.892.